The second-order valence-electron chi connectivity index (χ2n) is 7.48. The lowest BCUT2D eigenvalue weighted by Gasteiger charge is -2.32. The van der Waals surface area contributed by atoms with Crippen LogP contribution >= 0.6 is 0 Å². The van der Waals surface area contributed by atoms with Crippen molar-refractivity contribution in [3.63, 3.8) is 0 Å². The van der Waals surface area contributed by atoms with Crippen LogP contribution in [0.5, 0.6) is 0 Å². The van der Waals surface area contributed by atoms with E-state index >= 15 is 0 Å². The van der Waals surface area contributed by atoms with Crippen LogP contribution in [0.2, 0.25) is 0 Å². The third-order valence-electron chi connectivity index (χ3n) is 5.19. The van der Waals surface area contributed by atoms with Gasteiger partial charge in [-0.1, -0.05) is 24.3 Å². The van der Waals surface area contributed by atoms with Crippen molar-refractivity contribution >= 4 is 17.5 Å². The van der Waals surface area contributed by atoms with Gasteiger partial charge in [-0.15, -0.1) is 0 Å². The normalized spacial score (nSPS) is 17.1. The van der Waals surface area contributed by atoms with Crippen LogP contribution in [-0.2, 0) is 6.18 Å². The van der Waals surface area contributed by atoms with Gasteiger partial charge in [-0.05, 0) is 56.0 Å². The Bertz CT molecular complexity index is 925. The number of anilines is 1. The van der Waals surface area contributed by atoms with E-state index in [1.54, 1.807) is 4.90 Å². The zero-order valence-electron chi connectivity index (χ0n) is 16.3. The number of piperidine rings is 1. The number of carbonyl (C=O) groups is 2. The number of hydrogen-bond acceptors (Lipinski definition) is 2. The molecular weight excluding hydrogens is 381 g/mol. The van der Waals surface area contributed by atoms with E-state index in [2.05, 4.69) is 5.32 Å². The summed E-state index contributed by atoms with van der Waals surface area (Å²) in [6.45, 7) is 4.51. The number of alkyl halides is 3. The number of benzene rings is 2. The summed E-state index contributed by atoms with van der Waals surface area (Å²) in [4.78, 5) is 27.0. The lowest BCUT2D eigenvalue weighted by molar-refractivity contribution is -0.137. The smallest absolute Gasteiger partial charge is 0.324 e. The molecule has 2 aromatic carbocycles. The minimum Gasteiger partial charge on any atom is -0.324 e. The molecule has 0 unspecified atom stereocenters. The predicted octanol–water partition coefficient (Wildman–Crippen LogP) is 5.45. The van der Waals surface area contributed by atoms with E-state index in [0.717, 1.165) is 23.3 Å². The lowest BCUT2D eigenvalue weighted by atomic mass is 9.89. The number of urea groups is 1. The number of nitrogens with zero attached hydrogens (tertiary/aromatic N) is 1. The zero-order chi connectivity index (χ0) is 21.2. The summed E-state index contributed by atoms with van der Waals surface area (Å²) in [7, 11) is 0. The molecule has 4 nitrogen and oxygen atoms in total. The number of aryl methyl sites for hydroxylation is 2. The molecule has 2 aromatic rings. The molecule has 1 saturated heterocycles. The molecule has 154 valence electrons. The Morgan fingerprint density at radius 2 is 1.86 bits per heavy atom. The number of ketones is 1. The van der Waals surface area contributed by atoms with Gasteiger partial charge in [-0.2, -0.15) is 13.2 Å². The van der Waals surface area contributed by atoms with E-state index < -0.39 is 17.7 Å². The van der Waals surface area contributed by atoms with Gasteiger partial charge in [0.1, 0.15) is 0 Å². The quantitative estimate of drug-likeness (QED) is 0.692. The maximum absolute atomic E-state index is 12.9. The highest BCUT2D eigenvalue weighted by molar-refractivity contribution is 5.99. The molecule has 1 fully saturated rings. The van der Waals surface area contributed by atoms with Crippen LogP contribution in [0, 0.1) is 19.8 Å². The van der Waals surface area contributed by atoms with Gasteiger partial charge in [0, 0.05) is 30.3 Å². The van der Waals surface area contributed by atoms with Gasteiger partial charge in [0.15, 0.2) is 5.78 Å². The standard InChI is InChI=1S/C22H23F3N2O2/c1-14-8-9-15(2)19(11-14)26-21(29)27-10-4-6-17(13-27)20(28)16-5-3-7-18(12-16)22(23,24)25/h3,5,7-9,11-12,17H,4,6,10,13H2,1-2H3,(H,26,29)/t17-/m0/s1. The second-order valence-corrected chi connectivity index (χ2v) is 7.48. The number of Topliss-reactive ketones (excluding diaryl/α,β-unsaturated/α-hetero) is 1. The van der Waals surface area contributed by atoms with Crippen LogP contribution in [0.3, 0.4) is 0 Å². The van der Waals surface area contributed by atoms with Gasteiger partial charge in [-0.3, -0.25) is 4.79 Å². The van der Waals surface area contributed by atoms with E-state index in [4.69, 9.17) is 0 Å². The van der Waals surface area contributed by atoms with Gasteiger partial charge in [0.25, 0.3) is 0 Å². The fourth-order valence-corrected chi connectivity index (χ4v) is 3.52. The minimum absolute atomic E-state index is 0.0293. The fourth-order valence-electron chi connectivity index (χ4n) is 3.52. The number of halogens is 3. The fraction of sp³-hybridized carbons (Fsp3) is 0.364. The van der Waals surface area contributed by atoms with Crippen LogP contribution in [0.1, 0.15) is 39.9 Å². The second kappa shape index (κ2) is 8.27. The van der Waals surface area contributed by atoms with E-state index in [1.807, 2.05) is 32.0 Å². The Morgan fingerprint density at radius 3 is 2.59 bits per heavy atom. The first-order valence-corrected chi connectivity index (χ1v) is 9.50. The highest BCUT2D eigenvalue weighted by Crippen LogP contribution is 2.31. The van der Waals surface area contributed by atoms with E-state index in [0.29, 0.717) is 25.1 Å². The average Bonchev–Trinajstić information content (AvgIpc) is 2.69. The van der Waals surface area contributed by atoms with Crippen molar-refractivity contribution in [3.05, 3.63) is 64.7 Å². The summed E-state index contributed by atoms with van der Waals surface area (Å²) < 4.78 is 38.8. The molecule has 0 saturated carbocycles. The van der Waals surface area contributed by atoms with Crippen LogP contribution in [0.25, 0.3) is 0 Å². The molecule has 3 rings (SSSR count). The maximum Gasteiger partial charge on any atom is 0.416 e. The van der Waals surface area contributed by atoms with Gasteiger partial charge >= 0.3 is 12.2 Å². The molecule has 1 aliphatic heterocycles. The molecule has 1 atom stereocenters. The van der Waals surface area contributed by atoms with Crippen molar-refractivity contribution in [1.29, 1.82) is 0 Å². The summed E-state index contributed by atoms with van der Waals surface area (Å²) in [5, 5.41) is 2.88. The third kappa shape index (κ3) is 4.96. The topological polar surface area (TPSA) is 49.4 Å². The Balaban J connectivity index is 1.71. The first-order chi connectivity index (χ1) is 13.6. The highest BCUT2D eigenvalue weighted by Gasteiger charge is 2.33. The van der Waals surface area contributed by atoms with Gasteiger partial charge < -0.3 is 10.2 Å². The third-order valence-corrected chi connectivity index (χ3v) is 5.19. The van der Waals surface area contributed by atoms with Crippen molar-refractivity contribution in [1.82, 2.24) is 4.90 Å². The zero-order valence-corrected chi connectivity index (χ0v) is 16.3. The molecule has 0 aliphatic carbocycles. The average molecular weight is 404 g/mol. The molecule has 1 heterocycles. The molecule has 1 aliphatic rings. The highest BCUT2D eigenvalue weighted by atomic mass is 19.4. The number of hydrogen-bond donors (Lipinski definition) is 1. The summed E-state index contributed by atoms with van der Waals surface area (Å²) in [5.41, 5.74) is 1.84. The molecule has 0 radical (unpaired) electrons. The molecule has 1 N–H and O–H groups in total. The summed E-state index contributed by atoms with van der Waals surface area (Å²) in [6, 6.07) is 9.91. The monoisotopic (exact) mass is 404 g/mol. The Kier molecular flexibility index (Phi) is 5.96. The number of rotatable bonds is 3. The first-order valence-electron chi connectivity index (χ1n) is 9.50. The van der Waals surface area contributed by atoms with Gasteiger partial charge in [0.05, 0.1) is 5.56 Å². The van der Waals surface area contributed by atoms with E-state index in [-0.39, 0.29) is 23.9 Å². The molecule has 0 aromatic heterocycles. The number of carbonyl (C=O) groups excluding carboxylic acids is 2. The van der Waals surface area contributed by atoms with Crippen molar-refractivity contribution in [2.24, 2.45) is 5.92 Å². The van der Waals surface area contributed by atoms with Crippen LogP contribution < -0.4 is 5.32 Å². The molecule has 7 heteroatoms. The van der Waals surface area contributed by atoms with E-state index in [9.17, 15) is 22.8 Å². The first kappa shape index (κ1) is 20.9. The van der Waals surface area contributed by atoms with Crippen molar-refractivity contribution < 1.29 is 22.8 Å². The molecule has 0 bridgehead atoms. The van der Waals surface area contributed by atoms with Crippen LogP contribution in [0.4, 0.5) is 23.7 Å². The summed E-state index contributed by atoms with van der Waals surface area (Å²) >= 11 is 0. The predicted molar refractivity (Wildman–Crippen MR) is 105 cm³/mol. The molecule has 29 heavy (non-hydrogen) atoms. The molecule has 2 amide bonds. The molecular formula is C22H23F3N2O2. The van der Waals surface area contributed by atoms with Gasteiger partial charge in [0.2, 0.25) is 0 Å². The Morgan fingerprint density at radius 1 is 1.10 bits per heavy atom. The number of nitrogens with one attached hydrogen (secondary N) is 1. The Labute approximate surface area is 167 Å². The van der Waals surface area contributed by atoms with Crippen LogP contribution in [-0.4, -0.2) is 29.8 Å². The van der Waals surface area contributed by atoms with Crippen LogP contribution in [0.15, 0.2) is 42.5 Å². The summed E-state index contributed by atoms with van der Waals surface area (Å²) in [5.74, 6) is -0.878. The summed E-state index contributed by atoms with van der Waals surface area (Å²) in [6.07, 6.45) is -3.33. The van der Waals surface area contributed by atoms with Gasteiger partial charge in [-0.25, -0.2) is 4.79 Å². The minimum atomic E-state index is -4.50. The molecule has 0 spiro atoms. The van der Waals surface area contributed by atoms with E-state index in [1.165, 1.54) is 12.1 Å². The van der Waals surface area contributed by atoms with Crippen molar-refractivity contribution in [2.75, 3.05) is 18.4 Å². The Hall–Kier alpha value is -2.83. The maximum atomic E-state index is 12.9. The van der Waals surface area contributed by atoms with Crippen molar-refractivity contribution in [3.8, 4) is 0 Å². The largest absolute Gasteiger partial charge is 0.416 e. The SMILES string of the molecule is Cc1ccc(C)c(NC(=O)N2CCC[C@H](C(=O)c3cccc(C(F)(F)F)c3)C2)c1. The number of amides is 2. The lowest BCUT2D eigenvalue weighted by Crippen LogP contribution is -2.44. The van der Waals surface area contributed by atoms with Crippen molar-refractivity contribution in [2.45, 2.75) is 32.9 Å². The number of likely N-dealkylation sites (tertiary alicyclic amines) is 1.